The van der Waals surface area contributed by atoms with Crippen LogP contribution in [0.5, 0.6) is 0 Å². The summed E-state index contributed by atoms with van der Waals surface area (Å²) in [5.41, 5.74) is 1.31. The number of likely N-dealkylation sites (tertiary alicyclic amines) is 2. The van der Waals surface area contributed by atoms with Crippen LogP contribution >= 0.6 is 0 Å². The zero-order valence-corrected chi connectivity index (χ0v) is 18.3. The number of hydrogen-bond donors (Lipinski definition) is 0. The van der Waals surface area contributed by atoms with Crippen molar-refractivity contribution in [3.05, 3.63) is 18.0 Å². The molecule has 28 heavy (non-hydrogen) atoms. The van der Waals surface area contributed by atoms with Crippen molar-refractivity contribution in [1.82, 2.24) is 24.5 Å². The second-order valence-corrected chi connectivity index (χ2v) is 8.78. The highest BCUT2D eigenvalue weighted by Crippen LogP contribution is 2.36. The maximum Gasteiger partial charge on any atom is 0.239 e. The molecule has 0 aliphatic carbocycles. The molecule has 6 heteroatoms. The molecule has 1 aromatic rings. The summed E-state index contributed by atoms with van der Waals surface area (Å²) in [6.07, 6.45) is 11.5. The normalized spacial score (nSPS) is 25.7. The Morgan fingerprint density at radius 1 is 1.21 bits per heavy atom. The first-order valence-corrected chi connectivity index (χ1v) is 11.2. The first kappa shape index (κ1) is 21.3. The third-order valence-electron chi connectivity index (χ3n) is 6.79. The summed E-state index contributed by atoms with van der Waals surface area (Å²) < 4.78 is 1.91. The highest BCUT2D eigenvalue weighted by atomic mass is 16.2. The minimum absolute atomic E-state index is 0.0512. The van der Waals surface area contributed by atoms with Gasteiger partial charge in [-0.15, -0.1) is 0 Å². The van der Waals surface area contributed by atoms with Gasteiger partial charge in [0.25, 0.3) is 0 Å². The summed E-state index contributed by atoms with van der Waals surface area (Å²) in [5.74, 6) is 0.841. The van der Waals surface area contributed by atoms with Gasteiger partial charge in [0.05, 0.1) is 12.2 Å². The number of piperidine rings is 1. The van der Waals surface area contributed by atoms with Gasteiger partial charge in [-0.3, -0.25) is 19.3 Å². The Labute approximate surface area is 170 Å². The SMILES string of the molecule is CCN1CCC[C@@H](CN(C)C(C)C(=O)N2CCCCCC2)[C@@H]1c1cnn(C)c1. The Morgan fingerprint density at radius 2 is 1.93 bits per heavy atom. The molecule has 1 amide bonds. The van der Waals surface area contributed by atoms with Crippen LogP contribution in [-0.2, 0) is 11.8 Å². The molecule has 3 rings (SSSR count). The van der Waals surface area contributed by atoms with Crippen LogP contribution in [0.2, 0.25) is 0 Å². The topological polar surface area (TPSA) is 44.6 Å². The van der Waals surface area contributed by atoms with E-state index in [1.807, 2.05) is 17.9 Å². The van der Waals surface area contributed by atoms with Gasteiger partial charge in [0.1, 0.15) is 0 Å². The van der Waals surface area contributed by atoms with Crippen LogP contribution in [0.4, 0.5) is 0 Å². The Balaban J connectivity index is 1.67. The van der Waals surface area contributed by atoms with Crippen molar-refractivity contribution >= 4 is 5.91 Å². The molecule has 3 atom stereocenters. The van der Waals surface area contributed by atoms with Gasteiger partial charge in [0.15, 0.2) is 0 Å². The van der Waals surface area contributed by atoms with Gasteiger partial charge in [0.2, 0.25) is 5.91 Å². The Bertz CT molecular complexity index is 622. The summed E-state index contributed by atoms with van der Waals surface area (Å²) in [7, 11) is 4.12. The van der Waals surface area contributed by atoms with Crippen molar-refractivity contribution in [2.75, 3.05) is 39.8 Å². The van der Waals surface area contributed by atoms with E-state index < -0.39 is 0 Å². The lowest BCUT2D eigenvalue weighted by molar-refractivity contribution is -0.136. The van der Waals surface area contributed by atoms with E-state index >= 15 is 0 Å². The molecule has 2 aliphatic rings. The van der Waals surface area contributed by atoms with Crippen molar-refractivity contribution in [1.29, 1.82) is 0 Å². The summed E-state index contributed by atoms with van der Waals surface area (Å²) >= 11 is 0. The van der Waals surface area contributed by atoms with E-state index in [0.717, 1.165) is 45.6 Å². The number of rotatable bonds is 6. The molecule has 0 aromatic carbocycles. The molecule has 1 unspecified atom stereocenters. The average molecular weight is 390 g/mol. The molecule has 3 heterocycles. The van der Waals surface area contributed by atoms with Gasteiger partial charge in [-0.1, -0.05) is 19.8 Å². The lowest BCUT2D eigenvalue weighted by Gasteiger charge is -2.43. The first-order valence-electron chi connectivity index (χ1n) is 11.2. The van der Waals surface area contributed by atoms with E-state index in [-0.39, 0.29) is 6.04 Å². The van der Waals surface area contributed by atoms with Crippen LogP contribution in [0.3, 0.4) is 0 Å². The second kappa shape index (κ2) is 9.88. The van der Waals surface area contributed by atoms with Gasteiger partial charge in [0, 0.05) is 44.5 Å². The fourth-order valence-corrected chi connectivity index (χ4v) is 5.05. The molecule has 2 saturated heterocycles. The van der Waals surface area contributed by atoms with Crippen LogP contribution in [0.25, 0.3) is 0 Å². The lowest BCUT2D eigenvalue weighted by atomic mass is 9.85. The van der Waals surface area contributed by atoms with Crippen molar-refractivity contribution < 1.29 is 4.79 Å². The van der Waals surface area contributed by atoms with E-state index in [2.05, 4.69) is 46.9 Å². The van der Waals surface area contributed by atoms with Gasteiger partial charge in [-0.05, 0) is 58.7 Å². The van der Waals surface area contributed by atoms with Crippen molar-refractivity contribution in [3.8, 4) is 0 Å². The molecule has 0 spiro atoms. The van der Waals surface area contributed by atoms with Crippen LogP contribution in [0.15, 0.2) is 12.4 Å². The zero-order valence-electron chi connectivity index (χ0n) is 18.3. The summed E-state index contributed by atoms with van der Waals surface area (Å²) in [6, 6.07) is 0.347. The van der Waals surface area contributed by atoms with Crippen molar-refractivity contribution in [3.63, 3.8) is 0 Å². The van der Waals surface area contributed by atoms with E-state index in [9.17, 15) is 4.79 Å². The minimum Gasteiger partial charge on any atom is -0.341 e. The highest BCUT2D eigenvalue weighted by Gasteiger charge is 2.35. The monoisotopic (exact) mass is 389 g/mol. The molecule has 0 radical (unpaired) electrons. The molecule has 0 bridgehead atoms. The Morgan fingerprint density at radius 3 is 2.54 bits per heavy atom. The van der Waals surface area contributed by atoms with Crippen molar-refractivity contribution in [2.45, 2.75) is 64.5 Å². The van der Waals surface area contributed by atoms with Crippen LogP contribution in [0.1, 0.15) is 64.0 Å². The number of likely N-dealkylation sites (N-methyl/N-ethyl adjacent to an activating group) is 1. The molecule has 0 N–H and O–H groups in total. The Kier molecular flexibility index (Phi) is 7.52. The van der Waals surface area contributed by atoms with Gasteiger partial charge in [-0.25, -0.2) is 0 Å². The molecular formula is C22H39N5O. The number of aryl methyl sites for hydroxylation is 1. The fourth-order valence-electron chi connectivity index (χ4n) is 5.05. The minimum atomic E-state index is -0.0512. The molecule has 158 valence electrons. The summed E-state index contributed by atoms with van der Waals surface area (Å²) in [5, 5.41) is 4.42. The fraction of sp³-hybridized carbons (Fsp3) is 0.818. The highest BCUT2D eigenvalue weighted by molar-refractivity contribution is 5.81. The standard InChI is InChI=1S/C22H39N5O/c1-5-26-14-10-11-19(21(26)20-15-23-25(4)17-20)16-24(3)18(2)22(28)27-12-8-6-7-9-13-27/h15,17-19,21H,5-14,16H2,1-4H3/t18?,19-,21+/m0/s1. The van der Waals surface area contributed by atoms with E-state index in [4.69, 9.17) is 0 Å². The van der Waals surface area contributed by atoms with Crippen molar-refractivity contribution in [2.24, 2.45) is 13.0 Å². The first-order chi connectivity index (χ1) is 13.5. The number of nitrogens with zero attached hydrogens (tertiary/aromatic N) is 5. The average Bonchev–Trinajstić information content (AvgIpc) is 2.95. The maximum absolute atomic E-state index is 13.1. The molecule has 2 aliphatic heterocycles. The number of amides is 1. The molecule has 0 saturated carbocycles. The summed E-state index contributed by atoms with van der Waals surface area (Å²) in [4.78, 5) is 20.0. The third-order valence-corrected chi connectivity index (χ3v) is 6.79. The maximum atomic E-state index is 13.1. The molecule has 2 fully saturated rings. The van der Waals surface area contributed by atoms with Gasteiger partial charge >= 0.3 is 0 Å². The van der Waals surface area contributed by atoms with Crippen LogP contribution in [-0.4, -0.2) is 76.2 Å². The second-order valence-electron chi connectivity index (χ2n) is 8.78. The summed E-state index contributed by atoms with van der Waals surface area (Å²) in [6.45, 7) is 9.37. The largest absolute Gasteiger partial charge is 0.341 e. The number of carbonyl (C=O) groups excluding carboxylic acids is 1. The van der Waals surface area contributed by atoms with Crippen LogP contribution in [0, 0.1) is 5.92 Å². The predicted molar refractivity (Wildman–Crippen MR) is 113 cm³/mol. The zero-order chi connectivity index (χ0) is 20.1. The van der Waals surface area contributed by atoms with Gasteiger partial charge in [-0.2, -0.15) is 5.10 Å². The van der Waals surface area contributed by atoms with E-state index in [1.165, 1.54) is 31.2 Å². The number of hydrogen-bond acceptors (Lipinski definition) is 4. The van der Waals surface area contributed by atoms with E-state index in [0.29, 0.717) is 17.9 Å². The smallest absolute Gasteiger partial charge is 0.239 e. The molecular weight excluding hydrogens is 350 g/mol. The van der Waals surface area contributed by atoms with Crippen LogP contribution < -0.4 is 0 Å². The van der Waals surface area contributed by atoms with E-state index in [1.54, 1.807) is 0 Å². The molecule has 1 aromatic heterocycles. The molecule has 6 nitrogen and oxygen atoms in total. The predicted octanol–water partition coefficient (Wildman–Crippen LogP) is 2.92. The number of aromatic nitrogens is 2. The third kappa shape index (κ3) is 4.95. The number of carbonyl (C=O) groups is 1. The van der Waals surface area contributed by atoms with Gasteiger partial charge < -0.3 is 4.90 Å². The quantitative estimate of drug-likeness (QED) is 0.750. The Hall–Kier alpha value is -1.40. The lowest BCUT2D eigenvalue weighted by Crippen LogP contribution is -2.49.